The number of phenolic OH excluding ortho intramolecular Hbond substituents is 1. The fourth-order valence-corrected chi connectivity index (χ4v) is 4.03. The molecule has 126 valence electrons. The van der Waals surface area contributed by atoms with Crippen molar-refractivity contribution in [2.45, 2.75) is 45.7 Å². The second-order valence-corrected chi connectivity index (χ2v) is 7.56. The molecule has 2 aromatic rings. The Labute approximate surface area is 143 Å². The molecule has 1 fully saturated rings. The van der Waals surface area contributed by atoms with Crippen LogP contribution in [0.15, 0.2) is 54.6 Å². The van der Waals surface area contributed by atoms with E-state index in [2.05, 4.69) is 37.8 Å². The van der Waals surface area contributed by atoms with Crippen LogP contribution in [0.4, 0.5) is 5.69 Å². The van der Waals surface area contributed by atoms with Crippen LogP contribution in [0.1, 0.15) is 44.0 Å². The van der Waals surface area contributed by atoms with Gasteiger partial charge in [-0.25, -0.2) is 0 Å². The molecule has 0 aliphatic carbocycles. The molecule has 3 rings (SSSR count). The molecule has 1 saturated heterocycles. The fraction of sp³-hybridized carbons (Fsp3) is 0.381. The molecule has 0 bridgehead atoms. The third-order valence-corrected chi connectivity index (χ3v) is 4.93. The zero-order valence-electron chi connectivity index (χ0n) is 14.6. The highest BCUT2D eigenvalue weighted by Crippen LogP contribution is 2.41. The lowest BCUT2D eigenvalue weighted by Crippen LogP contribution is -2.54. The maximum absolute atomic E-state index is 13.2. The second kappa shape index (κ2) is 6.31. The Hall–Kier alpha value is -2.29. The zero-order valence-corrected chi connectivity index (χ0v) is 14.6. The number of Topliss-reactive ketones (excluding diaryl/α,β-unsaturated/α-hetero) is 1. The Kier molecular flexibility index (Phi) is 4.35. The smallest absolute Gasteiger partial charge is 0.188 e. The molecular formula is C21H25NO2. The molecule has 1 N–H and O–H groups in total. The third-order valence-electron chi connectivity index (χ3n) is 4.93. The number of carbonyl (C=O) groups excluding carboxylic acids is 1. The lowest BCUT2D eigenvalue weighted by molar-refractivity contribution is 0.0880. The number of piperidine rings is 1. The van der Waals surface area contributed by atoms with E-state index in [1.54, 1.807) is 24.3 Å². The average Bonchev–Trinajstić information content (AvgIpc) is 2.54. The molecule has 2 aromatic carbocycles. The zero-order chi connectivity index (χ0) is 17.3. The Morgan fingerprint density at radius 2 is 1.67 bits per heavy atom. The Bertz CT molecular complexity index is 724. The molecular weight excluding hydrogens is 298 g/mol. The number of carbonyl (C=O) groups is 1. The summed E-state index contributed by atoms with van der Waals surface area (Å²) in [7, 11) is 0. The summed E-state index contributed by atoms with van der Waals surface area (Å²) in [6.45, 7) is 6.62. The van der Waals surface area contributed by atoms with Crippen molar-refractivity contribution in [1.29, 1.82) is 0 Å². The van der Waals surface area contributed by atoms with Crippen molar-refractivity contribution in [3.8, 4) is 5.75 Å². The van der Waals surface area contributed by atoms with Crippen LogP contribution in [-0.4, -0.2) is 23.0 Å². The van der Waals surface area contributed by atoms with Crippen molar-refractivity contribution in [2.24, 2.45) is 5.41 Å². The number of anilines is 1. The van der Waals surface area contributed by atoms with Gasteiger partial charge in [-0.05, 0) is 49.4 Å². The average molecular weight is 323 g/mol. The van der Waals surface area contributed by atoms with Gasteiger partial charge in [0, 0.05) is 11.7 Å². The van der Waals surface area contributed by atoms with Gasteiger partial charge in [0.2, 0.25) is 0 Å². The number of para-hydroxylation sites is 2. The van der Waals surface area contributed by atoms with E-state index in [0.29, 0.717) is 5.56 Å². The molecule has 0 spiro atoms. The van der Waals surface area contributed by atoms with E-state index < -0.39 is 0 Å². The highest BCUT2D eigenvalue weighted by molar-refractivity contribution is 6.04. The van der Waals surface area contributed by atoms with E-state index in [1.165, 1.54) is 0 Å². The van der Waals surface area contributed by atoms with Gasteiger partial charge in [-0.1, -0.05) is 44.2 Å². The van der Waals surface area contributed by atoms with Crippen LogP contribution in [-0.2, 0) is 0 Å². The van der Waals surface area contributed by atoms with Gasteiger partial charge in [0.25, 0.3) is 0 Å². The molecule has 24 heavy (non-hydrogen) atoms. The highest BCUT2D eigenvalue weighted by Gasteiger charge is 2.41. The predicted octanol–water partition coefficient (Wildman–Crippen LogP) is 4.66. The van der Waals surface area contributed by atoms with Crippen molar-refractivity contribution >= 4 is 11.5 Å². The van der Waals surface area contributed by atoms with Gasteiger partial charge in [-0.15, -0.1) is 0 Å². The summed E-state index contributed by atoms with van der Waals surface area (Å²) in [5, 5.41) is 10.1. The molecule has 3 heteroatoms. The number of hydrogen-bond acceptors (Lipinski definition) is 3. The van der Waals surface area contributed by atoms with Gasteiger partial charge in [0.1, 0.15) is 5.75 Å². The summed E-state index contributed by atoms with van der Waals surface area (Å²) >= 11 is 0. The van der Waals surface area contributed by atoms with E-state index in [9.17, 15) is 9.90 Å². The van der Waals surface area contributed by atoms with Crippen LogP contribution in [0.3, 0.4) is 0 Å². The monoisotopic (exact) mass is 323 g/mol. The number of aromatic hydroxyl groups is 1. The quantitative estimate of drug-likeness (QED) is 0.835. The van der Waals surface area contributed by atoms with E-state index in [4.69, 9.17) is 0 Å². The van der Waals surface area contributed by atoms with Crippen LogP contribution < -0.4 is 4.90 Å². The largest absolute Gasteiger partial charge is 0.507 e. The van der Waals surface area contributed by atoms with Crippen molar-refractivity contribution < 1.29 is 9.90 Å². The lowest BCUT2D eigenvalue weighted by atomic mass is 9.73. The Morgan fingerprint density at radius 1 is 1.04 bits per heavy atom. The summed E-state index contributed by atoms with van der Waals surface area (Å²) in [4.78, 5) is 15.5. The first-order valence-electron chi connectivity index (χ1n) is 8.55. The second-order valence-electron chi connectivity index (χ2n) is 7.56. The summed E-state index contributed by atoms with van der Waals surface area (Å²) in [6, 6.07) is 16.9. The molecule has 1 heterocycles. The minimum absolute atomic E-state index is 0.00317. The molecule has 1 aliphatic heterocycles. The number of nitrogens with zero attached hydrogens (tertiary/aromatic N) is 1. The minimum atomic E-state index is -0.264. The summed E-state index contributed by atoms with van der Waals surface area (Å²) in [5.41, 5.74) is 1.57. The van der Waals surface area contributed by atoms with Crippen LogP contribution in [0.5, 0.6) is 5.75 Å². The van der Waals surface area contributed by atoms with Crippen molar-refractivity contribution in [1.82, 2.24) is 0 Å². The number of benzene rings is 2. The number of phenols is 1. The van der Waals surface area contributed by atoms with Crippen LogP contribution >= 0.6 is 0 Å². The van der Waals surface area contributed by atoms with Gasteiger partial charge in [-0.3, -0.25) is 4.79 Å². The number of ketones is 1. The Morgan fingerprint density at radius 3 is 2.33 bits per heavy atom. The molecule has 3 nitrogen and oxygen atoms in total. The molecule has 0 radical (unpaired) electrons. The highest BCUT2D eigenvalue weighted by atomic mass is 16.3. The van der Waals surface area contributed by atoms with Crippen molar-refractivity contribution in [2.75, 3.05) is 4.90 Å². The Balaban J connectivity index is 2.03. The summed E-state index contributed by atoms with van der Waals surface area (Å²) in [5.74, 6) is 0.0584. The predicted molar refractivity (Wildman–Crippen MR) is 97.6 cm³/mol. The molecule has 0 aromatic heterocycles. The summed E-state index contributed by atoms with van der Waals surface area (Å²) < 4.78 is 0. The molecule has 0 saturated carbocycles. The maximum Gasteiger partial charge on any atom is 0.188 e. The summed E-state index contributed by atoms with van der Waals surface area (Å²) in [6.07, 6.45) is 1.81. The van der Waals surface area contributed by atoms with Gasteiger partial charge in [-0.2, -0.15) is 0 Å². The van der Waals surface area contributed by atoms with Gasteiger partial charge in [0.15, 0.2) is 5.78 Å². The molecule has 2 unspecified atom stereocenters. The normalized spacial score (nSPS) is 23.0. The standard InChI is InChI=1S/C21H25NO2/c1-15-13-21(2,3)14-18(22(15)16-9-5-4-6-10-16)20(24)17-11-7-8-12-19(17)23/h4-12,15,18,23H,13-14H2,1-3H3. The van der Waals surface area contributed by atoms with Crippen LogP contribution in [0.25, 0.3) is 0 Å². The van der Waals surface area contributed by atoms with Gasteiger partial charge in [0.05, 0.1) is 11.6 Å². The van der Waals surface area contributed by atoms with Gasteiger partial charge < -0.3 is 10.0 Å². The molecule has 0 amide bonds. The first-order chi connectivity index (χ1) is 11.4. The van der Waals surface area contributed by atoms with E-state index in [1.807, 2.05) is 18.2 Å². The molecule has 2 atom stereocenters. The first kappa shape index (κ1) is 16.6. The van der Waals surface area contributed by atoms with E-state index in [-0.39, 0.29) is 29.0 Å². The third kappa shape index (κ3) is 3.16. The van der Waals surface area contributed by atoms with Gasteiger partial charge >= 0.3 is 0 Å². The van der Waals surface area contributed by atoms with Crippen LogP contribution in [0.2, 0.25) is 0 Å². The number of rotatable bonds is 3. The number of hydrogen-bond donors (Lipinski definition) is 1. The minimum Gasteiger partial charge on any atom is -0.507 e. The SMILES string of the molecule is CC1CC(C)(C)CC(C(=O)c2ccccc2O)N1c1ccccc1. The van der Waals surface area contributed by atoms with Crippen molar-refractivity contribution in [3.63, 3.8) is 0 Å². The van der Waals surface area contributed by atoms with E-state index in [0.717, 1.165) is 18.5 Å². The topological polar surface area (TPSA) is 40.5 Å². The lowest BCUT2D eigenvalue weighted by Gasteiger charge is -2.48. The van der Waals surface area contributed by atoms with Crippen molar-refractivity contribution in [3.05, 3.63) is 60.2 Å². The fourth-order valence-electron chi connectivity index (χ4n) is 4.03. The molecule has 1 aliphatic rings. The first-order valence-corrected chi connectivity index (χ1v) is 8.55. The van der Waals surface area contributed by atoms with E-state index >= 15 is 0 Å². The van der Waals surface area contributed by atoms with Crippen LogP contribution in [0, 0.1) is 5.41 Å². The maximum atomic E-state index is 13.2.